The summed E-state index contributed by atoms with van der Waals surface area (Å²) in [5.74, 6) is 1.47. The number of para-hydroxylation sites is 2. The number of imidazole rings is 1. The fourth-order valence-electron chi connectivity index (χ4n) is 1.86. The average molecular weight is 291 g/mol. The maximum absolute atomic E-state index is 11.8. The number of amides is 1. The van der Waals surface area contributed by atoms with E-state index in [0.717, 1.165) is 23.3 Å². The molecule has 20 heavy (non-hydrogen) atoms. The number of carbonyl (C=O) groups is 1. The van der Waals surface area contributed by atoms with Gasteiger partial charge >= 0.3 is 0 Å². The lowest BCUT2D eigenvalue weighted by Crippen LogP contribution is -2.33. The van der Waals surface area contributed by atoms with Gasteiger partial charge < -0.3 is 10.3 Å². The average Bonchev–Trinajstić information content (AvgIpc) is 2.88. The molecule has 5 heteroatoms. The first-order valence-corrected chi connectivity index (χ1v) is 8.00. The van der Waals surface area contributed by atoms with Crippen LogP contribution in [0, 0.1) is 0 Å². The van der Waals surface area contributed by atoms with Crippen LogP contribution in [-0.4, -0.2) is 27.7 Å². The summed E-state index contributed by atoms with van der Waals surface area (Å²) < 4.78 is 0. The summed E-state index contributed by atoms with van der Waals surface area (Å²) in [6.45, 7) is 6.15. The van der Waals surface area contributed by atoms with E-state index in [4.69, 9.17) is 0 Å². The van der Waals surface area contributed by atoms with Crippen LogP contribution in [0.4, 0.5) is 0 Å². The number of hydrogen-bond donors (Lipinski definition) is 2. The molecule has 1 heterocycles. The molecule has 2 N–H and O–H groups in total. The maximum Gasteiger partial charge on any atom is 0.230 e. The third kappa shape index (κ3) is 3.76. The Morgan fingerprint density at radius 1 is 1.40 bits per heavy atom. The van der Waals surface area contributed by atoms with Gasteiger partial charge in [-0.2, -0.15) is 0 Å². The van der Waals surface area contributed by atoms with E-state index >= 15 is 0 Å². The number of rotatable bonds is 6. The molecule has 1 amide bonds. The molecule has 108 valence electrons. The van der Waals surface area contributed by atoms with Gasteiger partial charge in [0.25, 0.3) is 0 Å². The number of nitrogens with zero attached hydrogens (tertiary/aromatic N) is 1. The Kier molecular flexibility index (Phi) is 5.06. The van der Waals surface area contributed by atoms with Crippen molar-refractivity contribution in [2.75, 3.05) is 5.75 Å². The van der Waals surface area contributed by atoms with Crippen molar-refractivity contribution in [3.63, 3.8) is 0 Å². The topological polar surface area (TPSA) is 57.8 Å². The smallest absolute Gasteiger partial charge is 0.230 e. The molecule has 2 rings (SSSR count). The summed E-state index contributed by atoms with van der Waals surface area (Å²) in [6, 6.07) is 8.21. The summed E-state index contributed by atoms with van der Waals surface area (Å²) in [4.78, 5) is 19.6. The molecule has 0 spiro atoms. The number of carbonyl (C=O) groups excluding carboxylic acids is 1. The Hall–Kier alpha value is -1.49. The van der Waals surface area contributed by atoms with E-state index in [0.29, 0.717) is 5.75 Å². The number of aromatic nitrogens is 2. The van der Waals surface area contributed by atoms with Crippen LogP contribution in [0.3, 0.4) is 0 Å². The summed E-state index contributed by atoms with van der Waals surface area (Å²) in [5.41, 5.74) is 2.01. The van der Waals surface area contributed by atoms with E-state index in [9.17, 15) is 4.79 Å². The van der Waals surface area contributed by atoms with Crippen LogP contribution in [-0.2, 0) is 4.79 Å². The van der Waals surface area contributed by atoms with Crippen LogP contribution in [0.1, 0.15) is 38.3 Å². The van der Waals surface area contributed by atoms with E-state index in [-0.39, 0.29) is 17.2 Å². The lowest BCUT2D eigenvalue weighted by molar-refractivity contribution is -0.119. The van der Waals surface area contributed by atoms with Crippen molar-refractivity contribution in [2.24, 2.45) is 0 Å². The normalized spacial score (nSPS) is 14.2. The lowest BCUT2D eigenvalue weighted by Gasteiger charge is -2.12. The zero-order valence-electron chi connectivity index (χ0n) is 12.1. The second-order valence-electron chi connectivity index (χ2n) is 4.97. The molecule has 0 bridgehead atoms. The first-order valence-electron chi connectivity index (χ1n) is 6.95. The van der Waals surface area contributed by atoms with Gasteiger partial charge in [0.15, 0.2) is 0 Å². The van der Waals surface area contributed by atoms with Gasteiger partial charge in [0.1, 0.15) is 5.82 Å². The van der Waals surface area contributed by atoms with Gasteiger partial charge in [0, 0.05) is 6.04 Å². The molecule has 4 nitrogen and oxygen atoms in total. The monoisotopic (exact) mass is 291 g/mol. The number of aromatic amines is 1. The molecule has 0 aliphatic rings. The Morgan fingerprint density at radius 2 is 2.15 bits per heavy atom. The van der Waals surface area contributed by atoms with Crippen molar-refractivity contribution >= 4 is 28.7 Å². The van der Waals surface area contributed by atoms with Crippen molar-refractivity contribution < 1.29 is 4.79 Å². The third-order valence-electron chi connectivity index (χ3n) is 3.28. The largest absolute Gasteiger partial charge is 0.353 e. The van der Waals surface area contributed by atoms with Crippen molar-refractivity contribution in [3.8, 4) is 0 Å². The zero-order chi connectivity index (χ0) is 14.5. The number of nitrogens with one attached hydrogen (secondary N) is 2. The van der Waals surface area contributed by atoms with Crippen molar-refractivity contribution in [3.05, 3.63) is 30.1 Å². The predicted molar refractivity (Wildman–Crippen MR) is 84.9 cm³/mol. The molecule has 2 unspecified atom stereocenters. The summed E-state index contributed by atoms with van der Waals surface area (Å²) >= 11 is 1.60. The van der Waals surface area contributed by atoms with Crippen LogP contribution in [0.15, 0.2) is 24.3 Å². The van der Waals surface area contributed by atoms with Crippen molar-refractivity contribution in [1.29, 1.82) is 0 Å². The lowest BCUT2D eigenvalue weighted by atomic mass is 10.3. The molecule has 2 aromatic rings. The quantitative estimate of drug-likeness (QED) is 0.858. The first-order chi connectivity index (χ1) is 9.60. The second kappa shape index (κ2) is 6.79. The van der Waals surface area contributed by atoms with Gasteiger partial charge in [-0.15, -0.1) is 11.8 Å². The summed E-state index contributed by atoms with van der Waals surface area (Å²) in [6.07, 6.45) is 0.954. The van der Waals surface area contributed by atoms with Gasteiger partial charge in [-0.1, -0.05) is 19.1 Å². The standard InChI is InChI=1S/C15H21N3OS/c1-4-10(2)16-14(19)9-20-11(3)15-17-12-7-5-6-8-13(12)18-15/h5-8,10-11H,4,9H2,1-3H3,(H,16,19)(H,17,18). The summed E-state index contributed by atoms with van der Waals surface area (Å²) in [7, 11) is 0. The predicted octanol–water partition coefficient (Wildman–Crippen LogP) is 3.27. The molecule has 0 saturated carbocycles. The Labute approximate surface area is 123 Å². The minimum Gasteiger partial charge on any atom is -0.353 e. The molecule has 0 aliphatic heterocycles. The highest BCUT2D eigenvalue weighted by atomic mass is 32.2. The van der Waals surface area contributed by atoms with Crippen molar-refractivity contribution in [1.82, 2.24) is 15.3 Å². The number of H-pyrrole nitrogens is 1. The van der Waals surface area contributed by atoms with E-state index in [1.165, 1.54) is 0 Å². The van der Waals surface area contributed by atoms with E-state index in [1.54, 1.807) is 11.8 Å². The maximum atomic E-state index is 11.8. The second-order valence-corrected chi connectivity index (χ2v) is 6.30. The fraction of sp³-hybridized carbons (Fsp3) is 0.467. The molecule has 0 saturated heterocycles. The molecule has 1 aromatic heterocycles. The van der Waals surface area contributed by atoms with Gasteiger partial charge in [-0.25, -0.2) is 4.98 Å². The Balaban J connectivity index is 1.91. The highest BCUT2D eigenvalue weighted by Crippen LogP contribution is 2.27. The number of benzene rings is 1. The number of thioether (sulfide) groups is 1. The zero-order valence-corrected chi connectivity index (χ0v) is 13.0. The fourth-order valence-corrected chi connectivity index (χ4v) is 2.62. The minimum atomic E-state index is 0.0901. The number of hydrogen-bond acceptors (Lipinski definition) is 3. The highest BCUT2D eigenvalue weighted by Gasteiger charge is 2.13. The minimum absolute atomic E-state index is 0.0901. The van der Waals surface area contributed by atoms with Gasteiger partial charge in [0.05, 0.1) is 22.0 Å². The Bertz CT molecular complexity index is 548. The third-order valence-corrected chi connectivity index (χ3v) is 4.43. The molecular formula is C15H21N3OS. The molecule has 2 atom stereocenters. The Morgan fingerprint density at radius 3 is 2.85 bits per heavy atom. The van der Waals surface area contributed by atoms with Gasteiger partial charge in [0.2, 0.25) is 5.91 Å². The number of fused-ring (bicyclic) bond motifs is 1. The van der Waals surface area contributed by atoms with E-state index in [1.807, 2.05) is 31.2 Å². The highest BCUT2D eigenvalue weighted by molar-refractivity contribution is 8.00. The molecule has 1 aromatic carbocycles. The molecule has 0 radical (unpaired) electrons. The van der Waals surface area contributed by atoms with E-state index in [2.05, 4.69) is 29.1 Å². The van der Waals surface area contributed by atoms with Crippen molar-refractivity contribution in [2.45, 2.75) is 38.5 Å². The molecular weight excluding hydrogens is 270 g/mol. The summed E-state index contributed by atoms with van der Waals surface area (Å²) in [5, 5.41) is 3.14. The van der Waals surface area contributed by atoms with Crippen LogP contribution < -0.4 is 5.32 Å². The van der Waals surface area contributed by atoms with Gasteiger partial charge in [-0.05, 0) is 32.4 Å². The van der Waals surface area contributed by atoms with Crippen LogP contribution >= 0.6 is 11.8 Å². The van der Waals surface area contributed by atoms with Crippen LogP contribution in [0.2, 0.25) is 0 Å². The van der Waals surface area contributed by atoms with Crippen LogP contribution in [0.25, 0.3) is 11.0 Å². The van der Waals surface area contributed by atoms with Gasteiger partial charge in [-0.3, -0.25) is 4.79 Å². The molecule has 0 fully saturated rings. The SMILES string of the molecule is CCC(C)NC(=O)CSC(C)c1nc2ccccc2[nH]1. The first kappa shape index (κ1) is 14.9. The van der Waals surface area contributed by atoms with E-state index < -0.39 is 0 Å². The van der Waals surface area contributed by atoms with Crippen LogP contribution in [0.5, 0.6) is 0 Å². The molecule has 0 aliphatic carbocycles.